The molecule has 0 aliphatic heterocycles. The van der Waals surface area contributed by atoms with Crippen molar-refractivity contribution in [1.82, 2.24) is 4.98 Å². The number of carbonyl (C=O) groups is 1. The first-order valence-corrected chi connectivity index (χ1v) is 5.29. The lowest BCUT2D eigenvalue weighted by atomic mass is 10.2. The minimum Gasteiger partial charge on any atom is -0.316 e. The number of rotatable bonds is 3. The fourth-order valence-electron chi connectivity index (χ4n) is 1.08. The van der Waals surface area contributed by atoms with Gasteiger partial charge >= 0.3 is 0 Å². The van der Waals surface area contributed by atoms with E-state index < -0.39 is 0 Å². The molecule has 5 heteroatoms. The molecule has 78 valence electrons. The Kier molecular flexibility index (Phi) is 3.69. The van der Waals surface area contributed by atoms with E-state index in [9.17, 15) is 9.59 Å². The third-order valence-electron chi connectivity index (χ3n) is 1.74. The molecule has 0 radical (unpaired) electrons. The number of aromatic amines is 1. The van der Waals surface area contributed by atoms with E-state index >= 15 is 0 Å². The number of Topliss-reactive ketones (excluding diaryl/α,β-unsaturated/α-hetero) is 1. The van der Waals surface area contributed by atoms with Gasteiger partial charge in [0.05, 0.1) is 16.3 Å². The number of pyridine rings is 1. The van der Waals surface area contributed by atoms with Gasteiger partial charge in [-0.05, 0) is 19.4 Å². The summed E-state index contributed by atoms with van der Waals surface area (Å²) in [6.45, 7) is 3.17. The average molecular weight is 222 g/mol. The van der Waals surface area contributed by atoms with Gasteiger partial charge < -0.3 is 4.98 Å². The maximum Gasteiger partial charge on any atom is 0.249 e. The van der Waals surface area contributed by atoms with Crippen LogP contribution < -0.4 is 5.56 Å². The highest BCUT2D eigenvalue weighted by Gasteiger charge is 2.08. The Hall–Kier alpha value is -1.54. The molecule has 0 fully saturated rings. The van der Waals surface area contributed by atoms with Crippen molar-refractivity contribution in [2.24, 2.45) is 0 Å². The molecule has 1 rings (SSSR count). The van der Waals surface area contributed by atoms with Crippen molar-refractivity contribution in [3.63, 3.8) is 0 Å². The van der Waals surface area contributed by atoms with Crippen molar-refractivity contribution in [1.29, 1.82) is 5.26 Å². The lowest BCUT2D eigenvalue weighted by molar-refractivity contribution is -0.114. The highest BCUT2D eigenvalue weighted by Crippen LogP contribution is 2.20. The lowest BCUT2D eigenvalue weighted by Crippen LogP contribution is -2.09. The summed E-state index contributed by atoms with van der Waals surface area (Å²) < 4.78 is 0. The molecule has 0 amide bonds. The molecule has 0 aliphatic rings. The van der Waals surface area contributed by atoms with Crippen LogP contribution in [0.15, 0.2) is 15.9 Å². The third kappa shape index (κ3) is 2.96. The largest absolute Gasteiger partial charge is 0.316 e. The van der Waals surface area contributed by atoms with Crippen LogP contribution in [-0.2, 0) is 4.79 Å². The van der Waals surface area contributed by atoms with E-state index in [4.69, 9.17) is 5.26 Å². The van der Waals surface area contributed by atoms with Crippen LogP contribution in [0.2, 0.25) is 0 Å². The number of nitrogens with zero attached hydrogens (tertiary/aromatic N) is 1. The van der Waals surface area contributed by atoms with E-state index in [2.05, 4.69) is 4.98 Å². The molecule has 0 spiro atoms. The predicted molar refractivity (Wildman–Crippen MR) is 57.9 cm³/mol. The van der Waals surface area contributed by atoms with E-state index in [0.717, 1.165) is 0 Å². The van der Waals surface area contributed by atoms with Crippen molar-refractivity contribution in [2.75, 3.05) is 5.75 Å². The van der Waals surface area contributed by atoms with Crippen molar-refractivity contribution in [3.8, 4) is 6.07 Å². The Morgan fingerprint density at radius 1 is 1.67 bits per heavy atom. The van der Waals surface area contributed by atoms with Crippen molar-refractivity contribution in [2.45, 2.75) is 18.9 Å². The maximum absolute atomic E-state index is 11.2. The molecule has 0 bridgehead atoms. The summed E-state index contributed by atoms with van der Waals surface area (Å²) in [6, 6.07) is 3.38. The predicted octanol–water partition coefficient (Wildman–Crippen LogP) is 1.24. The van der Waals surface area contributed by atoms with E-state index in [1.165, 1.54) is 24.8 Å². The van der Waals surface area contributed by atoms with Crippen molar-refractivity contribution >= 4 is 17.5 Å². The van der Waals surface area contributed by atoms with E-state index in [1.807, 2.05) is 6.07 Å². The summed E-state index contributed by atoms with van der Waals surface area (Å²) >= 11 is 1.18. The second-order valence-corrected chi connectivity index (χ2v) is 4.11. The monoisotopic (exact) mass is 222 g/mol. The van der Waals surface area contributed by atoms with Gasteiger partial charge in [0, 0.05) is 6.07 Å². The molecule has 1 N–H and O–H groups in total. The quantitative estimate of drug-likeness (QED) is 0.781. The molecule has 1 heterocycles. The summed E-state index contributed by atoms with van der Waals surface area (Å²) in [5, 5.41) is 9.36. The second kappa shape index (κ2) is 4.80. The molecular formula is C10H10N2O2S. The molecule has 15 heavy (non-hydrogen) atoms. The van der Waals surface area contributed by atoms with Gasteiger partial charge in [0.1, 0.15) is 11.9 Å². The number of aryl methyl sites for hydroxylation is 1. The fourth-order valence-corrected chi connectivity index (χ4v) is 1.95. The van der Waals surface area contributed by atoms with Crippen LogP contribution in [-0.4, -0.2) is 16.5 Å². The lowest BCUT2D eigenvalue weighted by Gasteiger charge is -2.03. The summed E-state index contributed by atoms with van der Waals surface area (Å²) in [5.41, 5.74) is 0.811. The maximum atomic E-state index is 11.2. The van der Waals surface area contributed by atoms with Gasteiger partial charge in [-0.15, -0.1) is 0 Å². The van der Waals surface area contributed by atoms with E-state index in [0.29, 0.717) is 16.2 Å². The number of thioether (sulfide) groups is 1. The van der Waals surface area contributed by atoms with Crippen LogP contribution in [0, 0.1) is 18.3 Å². The molecule has 1 aromatic heterocycles. The first-order chi connectivity index (χ1) is 7.04. The van der Waals surface area contributed by atoms with Gasteiger partial charge in [-0.2, -0.15) is 5.26 Å². The summed E-state index contributed by atoms with van der Waals surface area (Å²) in [7, 11) is 0. The second-order valence-electron chi connectivity index (χ2n) is 3.12. The standard InChI is InChI=1S/C10H10N2O2S/c1-6-3-9(14)12-10(8(6)4-11)15-5-7(2)13/h3H,5H2,1-2H3,(H,12,14). The minimum atomic E-state index is -0.252. The first-order valence-electron chi connectivity index (χ1n) is 4.31. The van der Waals surface area contributed by atoms with Gasteiger partial charge in [-0.25, -0.2) is 0 Å². The Bertz CT molecular complexity index is 485. The van der Waals surface area contributed by atoms with Crippen LogP contribution in [0.5, 0.6) is 0 Å². The van der Waals surface area contributed by atoms with Gasteiger partial charge in [0.15, 0.2) is 0 Å². The topological polar surface area (TPSA) is 73.7 Å². The van der Waals surface area contributed by atoms with Crippen LogP contribution in [0.4, 0.5) is 0 Å². The van der Waals surface area contributed by atoms with Crippen LogP contribution in [0.1, 0.15) is 18.1 Å². The zero-order chi connectivity index (χ0) is 11.4. The number of hydrogen-bond acceptors (Lipinski definition) is 4. The molecular weight excluding hydrogens is 212 g/mol. The third-order valence-corrected chi connectivity index (χ3v) is 2.88. The number of carbonyl (C=O) groups excluding carboxylic acids is 1. The van der Waals surface area contributed by atoms with Crippen LogP contribution in [0.3, 0.4) is 0 Å². The van der Waals surface area contributed by atoms with Crippen molar-refractivity contribution < 1.29 is 4.79 Å². The van der Waals surface area contributed by atoms with Crippen molar-refractivity contribution in [3.05, 3.63) is 27.5 Å². The average Bonchev–Trinajstić information content (AvgIpc) is 2.13. The number of aromatic nitrogens is 1. The first kappa shape index (κ1) is 11.5. The SMILES string of the molecule is CC(=O)CSc1[nH]c(=O)cc(C)c1C#N. The zero-order valence-electron chi connectivity index (χ0n) is 8.46. The van der Waals surface area contributed by atoms with Gasteiger partial charge in [0.2, 0.25) is 5.56 Å². The Morgan fingerprint density at radius 2 is 2.33 bits per heavy atom. The highest BCUT2D eigenvalue weighted by atomic mass is 32.2. The van der Waals surface area contributed by atoms with Crippen LogP contribution >= 0.6 is 11.8 Å². The molecule has 4 nitrogen and oxygen atoms in total. The van der Waals surface area contributed by atoms with Gasteiger partial charge in [-0.1, -0.05) is 11.8 Å². The molecule has 0 unspecified atom stereocenters. The molecule has 0 aromatic carbocycles. The normalized spacial score (nSPS) is 9.67. The minimum absolute atomic E-state index is 0.00578. The fraction of sp³-hybridized carbons (Fsp3) is 0.300. The molecule has 0 saturated heterocycles. The molecule has 0 aliphatic carbocycles. The smallest absolute Gasteiger partial charge is 0.249 e. The van der Waals surface area contributed by atoms with Crippen LogP contribution in [0.25, 0.3) is 0 Å². The number of ketones is 1. The van der Waals surface area contributed by atoms with Gasteiger partial charge in [0.25, 0.3) is 0 Å². The Balaban J connectivity index is 3.11. The number of hydrogen-bond donors (Lipinski definition) is 1. The van der Waals surface area contributed by atoms with E-state index in [1.54, 1.807) is 6.92 Å². The summed E-state index contributed by atoms with van der Waals surface area (Å²) in [6.07, 6.45) is 0. The molecule has 0 saturated carbocycles. The van der Waals surface area contributed by atoms with Gasteiger partial charge in [-0.3, -0.25) is 9.59 Å². The van der Waals surface area contributed by atoms with E-state index in [-0.39, 0.29) is 17.1 Å². The molecule has 0 atom stereocenters. The molecule has 1 aromatic rings. The Labute approximate surface area is 91.3 Å². The summed E-state index contributed by atoms with van der Waals surface area (Å²) in [5.74, 6) is 0.264. The Morgan fingerprint density at radius 3 is 2.87 bits per heavy atom. The highest BCUT2D eigenvalue weighted by molar-refractivity contribution is 8.00. The summed E-state index contributed by atoms with van der Waals surface area (Å²) in [4.78, 5) is 24.5. The number of nitriles is 1. The zero-order valence-corrected chi connectivity index (χ0v) is 9.27. The number of H-pyrrole nitrogens is 1. The number of nitrogens with one attached hydrogen (secondary N) is 1.